The fraction of sp³-hybridized carbons (Fsp3) is 0.611. The molecule has 1 aliphatic heterocycles. The van der Waals surface area contributed by atoms with E-state index in [-0.39, 0.29) is 16.2 Å². The highest BCUT2D eigenvalue weighted by molar-refractivity contribution is 7.89. The zero-order valence-corrected chi connectivity index (χ0v) is 16.2. The quantitative estimate of drug-likeness (QED) is 0.771. The molecule has 25 heavy (non-hydrogen) atoms. The van der Waals surface area contributed by atoms with Gasteiger partial charge >= 0.3 is 0 Å². The second kappa shape index (κ2) is 8.29. The van der Waals surface area contributed by atoms with Gasteiger partial charge in [-0.25, -0.2) is 13.1 Å². The van der Waals surface area contributed by atoms with Crippen LogP contribution in [0.4, 0.5) is 0 Å². The molecule has 1 amide bonds. The molecule has 0 aromatic heterocycles. The van der Waals surface area contributed by atoms with Crippen molar-refractivity contribution in [2.45, 2.75) is 38.5 Å². The number of carbonyl (C=O) groups excluding carboxylic acids is 1. The van der Waals surface area contributed by atoms with Gasteiger partial charge in [-0.15, -0.1) is 0 Å². The number of amides is 1. The van der Waals surface area contributed by atoms with Crippen molar-refractivity contribution < 1.29 is 13.2 Å². The number of carbonyl (C=O) groups is 1. The van der Waals surface area contributed by atoms with Crippen molar-refractivity contribution in [3.8, 4) is 0 Å². The molecule has 1 aliphatic rings. The minimum absolute atomic E-state index is 0.0169. The summed E-state index contributed by atoms with van der Waals surface area (Å²) >= 11 is 0. The first-order valence-corrected chi connectivity index (χ1v) is 10.4. The third-order valence-corrected chi connectivity index (χ3v) is 6.38. The van der Waals surface area contributed by atoms with Crippen molar-refractivity contribution in [3.05, 3.63) is 29.8 Å². The molecule has 1 aromatic carbocycles. The van der Waals surface area contributed by atoms with E-state index >= 15 is 0 Å². The average molecular weight is 368 g/mol. The fourth-order valence-electron chi connectivity index (χ4n) is 3.03. The van der Waals surface area contributed by atoms with E-state index in [2.05, 4.69) is 17.0 Å². The van der Waals surface area contributed by atoms with E-state index in [4.69, 9.17) is 0 Å². The lowest BCUT2D eigenvalue weighted by atomic mass is 9.81. The average Bonchev–Trinajstić information content (AvgIpc) is 2.62. The molecular formula is C18H29N3O3S. The SMILES string of the molecule is CCN(CC)C(=O)c1ccc(S(=O)(=O)NCC2(C)CCNCC2)cc1. The second-order valence-corrected chi connectivity index (χ2v) is 8.65. The Bertz CT molecular complexity index is 676. The monoisotopic (exact) mass is 367 g/mol. The molecule has 0 saturated carbocycles. The van der Waals surface area contributed by atoms with E-state index in [1.165, 1.54) is 12.1 Å². The molecule has 0 aliphatic carbocycles. The first kappa shape index (κ1) is 19.9. The molecule has 1 heterocycles. The van der Waals surface area contributed by atoms with E-state index < -0.39 is 10.0 Å². The number of nitrogens with one attached hydrogen (secondary N) is 2. The van der Waals surface area contributed by atoms with Crippen molar-refractivity contribution in [2.75, 3.05) is 32.7 Å². The van der Waals surface area contributed by atoms with Crippen LogP contribution in [0.3, 0.4) is 0 Å². The third-order valence-electron chi connectivity index (χ3n) is 4.96. The van der Waals surface area contributed by atoms with Gasteiger partial charge in [-0.05, 0) is 69.5 Å². The molecule has 0 radical (unpaired) electrons. The molecule has 6 nitrogen and oxygen atoms in total. The van der Waals surface area contributed by atoms with Gasteiger partial charge in [0.15, 0.2) is 0 Å². The first-order chi connectivity index (χ1) is 11.8. The van der Waals surface area contributed by atoms with Gasteiger partial charge < -0.3 is 10.2 Å². The lowest BCUT2D eigenvalue weighted by Crippen LogP contribution is -2.42. The Hall–Kier alpha value is -1.44. The minimum Gasteiger partial charge on any atom is -0.339 e. The largest absolute Gasteiger partial charge is 0.339 e. The summed E-state index contributed by atoms with van der Waals surface area (Å²) in [5.41, 5.74) is 0.490. The summed E-state index contributed by atoms with van der Waals surface area (Å²) in [7, 11) is -3.57. The fourth-order valence-corrected chi connectivity index (χ4v) is 4.23. The zero-order valence-electron chi connectivity index (χ0n) is 15.3. The second-order valence-electron chi connectivity index (χ2n) is 6.89. The topological polar surface area (TPSA) is 78.5 Å². The molecule has 1 aromatic rings. The molecule has 0 spiro atoms. The smallest absolute Gasteiger partial charge is 0.253 e. The summed E-state index contributed by atoms with van der Waals surface area (Å²) in [4.78, 5) is 14.2. The van der Waals surface area contributed by atoms with Gasteiger partial charge in [0, 0.05) is 25.2 Å². The van der Waals surface area contributed by atoms with Crippen LogP contribution in [0.1, 0.15) is 44.0 Å². The molecule has 2 N–H and O–H groups in total. The van der Waals surface area contributed by atoms with Gasteiger partial charge in [0.05, 0.1) is 4.90 Å². The minimum atomic E-state index is -3.57. The molecule has 2 rings (SSSR count). The maximum absolute atomic E-state index is 12.5. The van der Waals surface area contributed by atoms with Crippen LogP contribution in [-0.4, -0.2) is 51.9 Å². The Labute approximate surface area is 151 Å². The highest BCUT2D eigenvalue weighted by Crippen LogP contribution is 2.27. The maximum Gasteiger partial charge on any atom is 0.253 e. The molecule has 140 valence electrons. The van der Waals surface area contributed by atoms with Gasteiger partial charge in [0.2, 0.25) is 10.0 Å². The van der Waals surface area contributed by atoms with E-state index in [0.29, 0.717) is 25.2 Å². The number of hydrogen-bond acceptors (Lipinski definition) is 4. The van der Waals surface area contributed by atoms with Crippen molar-refractivity contribution in [1.29, 1.82) is 0 Å². The molecule has 0 atom stereocenters. The van der Waals surface area contributed by atoms with Crippen LogP contribution in [0.15, 0.2) is 29.2 Å². The first-order valence-electron chi connectivity index (χ1n) is 8.91. The van der Waals surface area contributed by atoms with E-state index in [1.54, 1.807) is 17.0 Å². The highest BCUT2D eigenvalue weighted by Gasteiger charge is 2.28. The normalized spacial score (nSPS) is 17.2. The van der Waals surface area contributed by atoms with Crippen LogP contribution in [0.2, 0.25) is 0 Å². The van der Waals surface area contributed by atoms with Crippen LogP contribution in [0.25, 0.3) is 0 Å². The van der Waals surface area contributed by atoms with Crippen LogP contribution >= 0.6 is 0 Å². The van der Waals surface area contributed by atoms with E-state index in [9.17, 15) is 13.2 Å². The molecule has 0 bridgehead atoms. The van der Waals surface area contributed by atoms with Crippen LogP contribution < -0.4 is 10.0 Å². The molecule has 1 saturated heterocycles. The summed E-state index contributed by atoms with van der Waals surface area (Å²) in [6.45, 7) is 9.48. The Balaban J connectivity index is 2.05. The molecule has 0 unspecified atom stereocenters. The summed E-state index contributed by atoms with van der Waals surface area (Å²) in [5.74, 6) is -0.0795. The van der Waals surface area contributed by atoms with Crippen molar-refractivity contribution in [2.24, 2.45) is 5.41 Å². The Morgan fingerprint density at radius 3 is 2.24 bits per heavy atom. The summed E-state index contributed by atoms with van der Waals surface area (Å²) in [5, 5.41) is 3.29. The van der Waals surface area contributed by atoms with E-state index in [0.717, 1.165) is 25.9 Å². The lowest BCUT2D eigenvalue weighted by Gasteiger charge is -2.34. The third kappa shape index (κ3) is 5.03. The van der Waals surface area contributed by atoms with Gasteiger partial charge in [0.1, 0.15) is 0 Å². The Kier molecular flexibility index (Phi) is 6.59. The number of hydrogen-bond donors (Lipinski definition) is 2. The molecule has 1 fully saturated rings. The number of benzene rings is 1. The number of piperidine rings is 1. The Morgan fingerprint density at radius 2 is 1.72 bits per heavy atom. The van der Waals surface area contributed by atoms with E-state index in [1.807, 2.05) is 13.8 Å². The summed E-state index contributed by atoms with van der Waals surface area (Å²) in [6.07, 6.45) is 1.90. The van der Waals surface area contributed by atoms with Crippen LogP contribution in [-0.2, 0) is 10.0 Å². The standard InChI is InChI=1S/C18H29N3O3S/c1-4-21(5-2)17(22)15-6-8-16(9-7-15)25(23,24)20-14-18(3)10-12-19-13-11-18/h6-9,19-20H,4-5,10-14H2,1-3H3. The lowest BCUT2D eigenvalue weighted by molar-refractivity contribution is 0.0773. The Morgan fingerprint density at radius 1 is 1.16 bits per heavy atom. The predicted octanol–water partition coefficient (Wildman–Crippen LogP) is 1.84. The number of rotatable bonds is 7. The summed E-state index contributed by atoms with van der Waals surface area (Å²) in [6, 6.07) is 6.18. The van der Waals surface area contributed by atoms with Gasteiger partial charge in [-0.2, -0.15) is 0 Å². The zero-order chi connectivity index (χ0) is 18.5. The maximum atomic E-state index is 12.5. The van der Waals surface area contributed by atoms with Crippen LogP contribution in [0, 0.1) is 5.41 Å². The number of nitrogens with zero attached hydrogens (tertiary/aromatic N) is 1. The van der Waals surface area contributed by atoms with Crippen molar-refractivity contribution in [1.82, 2.24) is 14.9 Å². The molecule has 7 heteroatoms. The predicted molar refractivity (Wildman–Crippen MR) is 99.1 cm³/mol. The van der Waals surface area contributed by atoms with Crippen LogP contribution in [0.5, 0.6) is 0 Å². The highest BCUT2D eigenvalue weighted by atomic mass is 32.2. The van der Waals surface area contributed by atoms with Crippen molar-refractivity contribution >= 4 is 15.9 Å². The van der Waals surface area contributed by atoms with Crippen molar-refractivity contribution in [3.63, 3.8) is 0 Å². The summed E-state index contributed by atoms with van der Waals surface area (Å²) < 4.78 is 27.8. The van der Waals surface area contributed by atoms with Gasteiger partial charge in [-0.3, -0.25) is 4.79 Å². The van der Waals surface area contributed by atoms with Gasteiger partial charge in [-0.1, -0.05) is 6.92 Å². The number of sulfonamides is 1. The van der Waals surface area contributed by atoms with Gasteiger partial charge in [0.25, 0.3) is 5.91 Å². The molecular weight excluding hydrogens is 338 g/mol.